The Morgan fingerprint density at radius 2 is 2.11 bits per heavy atom. The Hall–Kier alpha value is -2.02. The maximum Gasteiger partial charge on any atom is 0.318 e. The summed E-state index contributed by atoms with van der Waals surface area (Å²) >= 11 is 0. The molecule has 2 rings (SSSR count). The summed E-state index contributed by atoms with van der Waals surface area (Å²) in [5.74, 6) is 0.619. The molecule has 2 heterocycles. The fraction of sp³-hybridized carbons (Fsp3) is 0.714. The Kier molecular flexibility index (Phi) is 8.35. The van der Waals surface area contributed by atoms with E-state index in [1.54, 1.807) is 16.1 Å². The SMILES string of the molecule is CCCCNC(=O)N(CC(=O)N(Cc1ccco1)CC1CCCO1)C(C)(C)C. The van der Waals surface area contributed by atoms with Crippen molar-refractivity contribution in [2.24, 2.45) is 0 Å². The first kappa shape index (κ1) is 22.3. The van der Waals surface area contributed by atoms with Crippen LogP contribution in [0.15, 0.2) is 22.8 Å². The van der Waals surface area contributed by atoms with Gasteiger partial charge in [0.2, 0.25) is 5.91 Å². The highest BCUT2D eigenvalue weighted by molar-refractivity contribution is 5.84. The zero-order valence-corrected chi connectivity index (χ0v) is 17.7. The van der Waals surface area contributed by atoms with E-state index < -0.39 is 5.54 Å². The van der Waals surface area contributed by atoms with Gasteiger partial charge in [-0.1, -0.05) is 13.3 Å². The highest BCUT2D eigenvalue weighted by Gasteiger charge is 2.31. The number of amides is 3. The third-order valence-corrected chi connectivity index (χ3v) is 4.88. The van der Waals surface area contributed by atoms with Crippen molar-refractivity contribution in [3.05, 3.63) is 24.2 Å². The lowest BCUT2D eigenvalue weighted by atomic mass is 10.1. The molecular formula is C21H35N3O4. The van der Waals surface area contributed by atoms with Crippen LogP contribution in [0.2, 0.25) is 0 Å². The fourth-order valence-electron chi connectivity index (χ4n) is 3.20. The summed E-state index contributed by atoms with van der Waals surface area (Å²) in [5.41, 5.74) is -0.466. The lowest BCUT2D eigenvalue weighted by Crippen LogP contribution is -2.55. The molecule has 1 aromatic heterocycles. The van der Waals surface area contributed by atoms with E-state index in [0.717, 1.165) is 38.1 Å². The van der Waals surface area contributed by atoms with Gasteiger partial charge in [0.1, 0.15) is 12.3 Å². The number of carbonyl (C=O) groups excluding carboxylic acids is 2. The number of nitrogens with zero attached hydrogens (tertiary/aromatic N) is 2. The van der Waals surface area contributed by atoms with Gasteiger partial charge in [-0.25, -0.2) is 4.79 Å². The first-order valence-corrected chi connectivity index (χ1v) is 10.3. The van der Waals surface area contributed by atoms with Gasteiger partial charge in [-0.3, -0.25) is 4.79 Å². The summed E-state index contributed by atoms with van der Waals surface area (Å²) in [7, 11) is 0. The highest BCUT2D eigenvalue weighted by atomic mass is 16.5. The van der Waals surface area contributed by atoms with Gasteiger partial charge >= 0.3 is 6.03 Å². The van der Waals surface area contributed by atoms with E-state index in [2.05, 4.69) is 12.2 Å². The smallest absolute Gasteiger partial charge is 0.318 e. The summed E-state index contributed by atoms with van der Waals surface area (Å²) in [6.45, 7) is 10.2. The maximum absolute atomic E-state index is 13.2. The molecule has 7 heteroatoms. The van der Waals surface area contributed by atoms with Crippen LogP contribution in [0.1, 0.15) is 59.1 Å². The molecule has 1 aliphatic heterocycles. The van der Waals surface area contributed by atoms with Crippen molar-refractivity contribution in [1.82, 2.24) is 15.1 Å². The molecule has 0 spiro atoms. The number of unbranched alkanes of at least 4 members (excludes halogenated alkanes) is 1. The molecule has 1 aromatic rings. The van der Waals surface area contributed by atoms with Gasteiger partial charge < -0.3 is 24.3 Å². The Morgan fingerprint density at radius 3 is 2.68 bits per heavy atom. The van der Waals surface area contributed by atoms with Gasteiger partial charge in [0.15, 0.2) is 0 Å². The van der Waals surface area contributed by atoms with Crippen LogP contribution in [-0.2, 0) is 16.1 Å². The minimum atomic E-state index is -0.466. The van der Waals surface area contributed by atoms with Crippen molar-refractivity contribution >= 4 is 11.9 Å². The molecule has 1 aliphatic rings. The van der Waals surface area contributed by atoms with Crippen LogP contribution in [0.3, 0.4) is 0 Å². The molecule has 3 amide bonds. The third kappa shape index (κ3) is 6.86. The minimum Gasteiger partial charge on any atom is -0.467 e. The van der Waals surface area contributed by atoms with Crippen molar-refractivity contribution in [1.29, 1.82) is 0 Å². The van der Waals surface area contributed by atoms with Crippen LogP contribution >= 0.6 is 0 Å². The number of hydrogen-bond acceptors (Lipinski definition) is 4. The molecule has 0 aromatic carbocycles. The number of hydrogen-bond donors (Lipinski definition) is 1. The zero-order chi connectivity index (χ0) is 20.6. The van der Waals surface area contributed by atoms with Crippen molar-refractivity contribution in [2.45, 2.75) is 71.6 Å². The molecule has 28 heavy (non-hydrogen) atoms. The second kappa shape index (κ2) is 10.5. The van der Waals surface area contributed by atoms with Gasteiger partial charge in [-0.2, -0.15) is 0 Å². The topological polar surface area (TPSA) is 75.0 Å². The van der Waals surface area contributed by atoms with Gasteiger partial charge in [0.05, 0.1) is 18.9 Å². The van der Waals surface area contributed by atoms with E-state index in [0.29, 0.717) is 19.6 Å². The molecule has 1 atom stereocenters. The second-order valence-corrected chi connectivity index (χ2v) is 8.33. The summed E-state index contributed by atoms with van der Waals surface area (Å²) in [5, 5.41) is 2.93. The standard InChI is InChI=1S/C21H35N3O4/c1-5-6-11-22-20(26)24(21(2,3)4)16-19(25)23(14-17-9-7-12-27-17)15-18-10-8-13-28-18/h7,9,12,18H,5-6,8,10-11,13-16H2,1-4H3,(H,22,26). The number of ether oxygens (including phenoxy) is 1. The molecule has 0 aliphatic carbocycles. The van der Waals surface area contributed by atoms with Crippen molar-refractivity contribution in [3.8, 4) is 0 Å². The van der Waals surface area contributed by atoms with Crippen molar-refractivity contribution < 1.29 is 18.7 Å². The average molecular weight is 394 g/mol. The first-order valence-electron chi connectivity index (χ1n) is 10.3. The molecule has 1 N–H and O–H groups in total. The summed E-state index contributed by atoms with van der Waals surface area (Å²) in [6, 6.07) is 3.46. The monoisotopic (exact) mass is 393 g/mol. The first-order chi connectivity index (χ1) is 13.3. The maximum atomic E-state index is 13.2. The largest absolute Gasteiger partial charge is 0.467 e. The van der Waals surface area contributed by atoms with Crippen LogP contribution < -0.4 is 5.32 Å². The lowest BCUT2D eigenvalue weighted by molar-refractivity contribution is -0.135. The Morgan fingerprint density at radius 1 is 1.32 bits per heavy atom. The summed E-state index contributed by atoms with van der Waals surface area (Å²) < 4.78 is 11.2. The van der Waals surface area contributed by atoms with E-state index >= 15 is 0 Å². The molecule has 0 saturated carbocycles. The van der Waals surface area contributed by atoms with Crippen LogP contribution in [0.25, 0.3) is 0 Å². The van der Waals surface area contributed by atoms with Crippen molar-refractivity contribution in [3.63, 3.8) is 0 Å². The highest BCUT2D eigenvalue weighted by Crippen LogP contribution is 2.18. The Bertz CT molecular complexity index is 604. The van der Waals surface area contributed by atoms with Gasteiger partial charge in [0, 0.05) is 25.2 Å². The average Bonchev–Trinajstić information content (AvgIpc) is 3.32. The van der Waals surface area contributed by atoms with Gasteiger partial charge in [0.25, 0.3) is 0 Å². The fourth-order valence-corrected chi connectivity index (χ4v) is 3.20. The number of furan rings is 1. The molecule has 1 saturated heterocycles. The van der Waals surface area contributed by atoms with Crippen molar-refractivity contribution in [2.75, 3.05) is 26.2 Å². The molecule has 0 bridgehead atoms. The minimum absolute atomic E-state index is 0.0227. The predicted octanol–water partition coefficient (Wildman–Crippen LogP) is 3.40. The van der Waals surface area contributed by atoms with E-state index in [9.17, 15) is 9.59 Å². The predicted molar refractivity (Wildman–Crippen MR) is 108 cm³/mol. The molecule has 158 valence electrons. The quantitative estimate of drug-likeness (QED) is 0.653. The van der Waals surface area contributed by atoms with Crippen LogP contribution in [-0.4, -0.2) is 59.6 Å². The normalized spacial score (nSPS) is 16.8. The van der Waals surface area contributed by atoms with Gasteiger partial charge in [-0.15, -0.1) is 0 Å². The van der Waals surface area contributed by atoms with E-state index in [1.807, 2.05) is 32.9 Å². The van der Waals surface area contributed by atoms with E-state index in [-0.39, 0.29) is 24.6 Å². The third-order valence-electron chi connectivity index (χ3n) is 4.88. The van der Waals surface area contributed by atoms with Crippen LogP contribution in [0, 0.1) is 0 Å². The van der Waals surface area contributed by atoms with Gasteiger partial charge in [-0.05, 0) is 52.2 Å². The number of urea groups is 1. The molecule has 0 radical (unpaired) electrons. The Balaban J connectivity index is 2.07. The van der Waals surface area contributed by atoms with Crippen LogP contribution in [0.4, 0.5) is 4.79 Å². The molecule has 7 nitrogen and oxygen atoms in total. The number of rotatable bonds is 9. The number of nitrogens with one attached hydrogen (secondary N) is 1. The summed E-state index contributed by atoms with van der Waals surface area (Å²) in [4.78, 5) is 29.2. The van der Waals surface area contributed by atoms with E-state index in [4.69, 9.17) is 9.15 Å². The van der Waals surface area contributed by atoms with Crippen LogP contribution in [0.5, 0.6) is 0 Å². The lowest BCUT2D eigenvalue weighted by Gasteiger charge is -2.37. The molecule has 1 fully saturated rings. The number of carbonyl (C=O) groups is 2. The molecule has 1 unspecified atom stereocenters. The second-order valence-electron chi connectivity index (χ2n) is 8.33. The summed E-state index contributed by atoms with van der Waals surface area (Å²) in [6.07, 6.45) is 5.53. The molecular weight excluding hydrogens is 358 g/mol. The van der Waals surface area contributed by atoms with E-state index in [1.165, 1.54) is 0 Å². The Labute approximate surface area is 168 Å². The zero-order valence-electron chi connectivity index (χ0n) is 17.7.